The first-order chi connectivity index (χ1) is 14.4. The van der Waals surface area contributed by atoms with Gasteiger partial charge in [0.25, 0.3) is 11.8 Å². The van der Waals surface area contributed by atoms with E-state index >= 15 is 0 Å². The zero-order valence-electron chi connectivity index (χ0n) is 15.7. The summed E-state index contributed by atoms with van der Waals surface area (Å²) in [5.41, 5.74) is 5.70. The number of nitrogens with one attached hydrogen (secondary N) is 1. The van der Waals surface area contributed by atoms with Gasteiger partial charge in [-0.2, -0.15) is 0 Å². The highest BCUT2D eigenvalue weighted by atomic mass is 32.2. The highest BCUT2D eigenvalue weighted by molar-refractivity contribution is 8.00. The van der Waals surface area contributed by atoms with Gasteiger partial charge in [-0.3, -0.25) is 14.5 Å². The van der Waals surface area contributed by atoms with Crippen molar-refractivity contribution in [3.8, 4) is 0 Å². The van der Waals surface area contributed by atoms with Gasteiger partial charge in [-0.05, 0) is 6.08 Å². The molecule has 2 aliphatic heterocycles. The number of nitrogen functional groups attached to an aromatic ring is 1. The van der Waals surface area contributed by atoms with Gasteiger partial charge in [0, 0.05) is 11.1 Å². The molecule has 0 radical (unpaired) electrons. The number of aromatic nitrogens is 1. The van der Waals surface area contributed by atoms with Crippen molar-refractivity contribution in [1.29, 1.82) is 0 Å². The number of amides is 2. The standard InChI is InChI=1S/C16H19N5O7S2/c1-27-20-10(8-6-30-16(17)18-8)12(24)19-11-13(25)21-9(2-3-29-14(11)21)15(26)28-5-7(23)4-22/h2,6-7,11,14,22-23H,3-5H2,1H3,(H2,17,18)(H,19,24)/t7?,11?,14-/m1/s1. The number of rotatable bonds is 8. The molecule has 2 unspecified atom stereocenters. The molecule has 2 amide bonds. The fourth-order valence-electron chi connectivity index (χ4n) is 2.73. The van der Waals surface area contributed by atoms with Crippen LogP contribution in [-0.4, -0.2) is 87.2 Å². The molecule has 1 aromatic rings. The molecule has 0 spiro atoms. The van der Waals surface area contributed by atoms with Crippen molar-refractivity contribution < 1.29 is 34.2 Å². The van der Waals surface area contributed by atoms with Crippen molar-refractivity contribution in [3.63, 3.8) is 0 Å². The van der Waals surface area contributed by atoms with Crippen LogP contribution in [0.1, 0.15) is 5.69 Å². The van der Waals surface area contributed by atoms with Gasteiger partial charge < -0.3 is 30.8 Å². The predicted octanol–water partition coefficient (Wildman–Crippen LogP) is -1.74. The van der Waals surface area contributed by atoms with E-state index in [-0.39, 0.29) is 22.2 Å². The molecule has 0 saturated carbocycles. The average molecular weight is 457 g/mol. The number of nitrogens with two attached hydrogens (primary N) is 1. The number of carbonyl (C=O) groups excluding carboxylic acids is 3. The lowest BCUT2D eigenvalue weighted by molar-refractivity contribution is -0.154. The Balaban J connectivity index is 1.67. The fraction of sp³-hybridized carbons (Fsp3) is 0.438. The number of anilines is 1. The first kappa shape index (κ1) is 22.0. The zero-order valence-corrected chi connectivity index (χ0v) is 17.3. The molecule has 14 heteroatoms. The Morgan fingerprint density at radius 2 is 2.30 bits per heavy atom. The van der Waals surface area contributed by atoms with Crippen LogP contribution >= 0.6 is 23.1 Å². The van der Waals surface area contributed by atoms with Crippen LogP contribution in [0.25, 0.3) is 0 Å². The summed E-state index contributed by atoms with van der Waals surface area (Å²) in [6.45, 7) is -0.960. The Labute approximate surface area is 178 Å². The average Bonchev–Trinajstić information content (AvgIpc) is 3.18. The third kappa shape index (κ3) is 4.40. The van der Waals surface area contributed by atoms with Gasteiger partial charge in [-0.15, -0.1) is 23.1 Å². The molecule has 162 valence electrons. The van der Waals surface area contributed by atoms with E-state index < -0.39 is 48.5 Å². The number of hydrogen-bond acceptors (Lipinski definition) is 12. The van der Waals surface area contributed by atoms with Gasteiger partial charge in [0.05, 0.1) is 6.61 Å². The lowest BCUT2D eigenvalue weighted by atomic mass is 10.0. The van der Waals surface area contributed by atoms with E-state index in [4.69, 9.17) is 20.4 Å². The summed E-state index contributed by atoms with van der Waals surface area (Å²) in [5, 5.41) is 25.6. The summed E-state index contributed by atoms with van der Waals surface area (Å²) < 4.78 is 4.92. The first-order valence-electron chi connectivity index (χ1n) is 8.61. The van der Waals surface area contributed by atoms with Crippen molar-refractivity contribution in [3.05, 3.63) is 22.8 Å². The minimum atomic E-state index is -1.21. The molecule has 0 bridgehead atoms. The number of hydrogen-bond donors (Lipinski definition) is 4. The largest absolute Gasteiger partial charge is 0.458 e. The number of carbonyl (C=O) groups is 3. The summed E-state index contributed by atoms with van der Waals surface area (Å²) in [4.78, 5) is 47.4. The molecule has 1 aromatic heterocycles. The van der Waals surface area contributed by atoms with Gasteiger partial charge in [-0.1, -0.05) is 5.16 Å². The molecule has 1 fully saturated rings. The van der Waals surface area contributed by atoms with Gasteiger partial charge in [-0.25, -0.2) is 9.78 Å². The van der Waals surface area contributed by atoms with E-state index in [1.165, 1.54) is 35.2 Å². The lowest BCUT2D eigenvalue weighted by Gasteiger charge is -2.48. The molecule has 30 heavy (non-hydrogen) atoms. The summed E-state index contributed by atoms with van der Waals surface area (Å²) in [5.74, 6) is -1.56. The van der Waals surface area contributed by atoms with Crippen molar-refractivity contribution in [1.82, 2.24) is 15.2 Å². The molecule has 0 aliphatic carbocycles. The zero-order chi connectivity index (χ0) is 21.8. The van der Waals surface area contributed by atoms with E-state index in [0.717, 1.165) is 11.3 Å². The topological polar surface area (TPSA) is 177 Å². The number of fused-ring (bicyclic) bond motifs is 1. The van der Waals surface area contributed by atoms with Crippen LogP contribution < -0.4 is 11.1 Å². The molecule has 3 atom stereocenters. The Hall–Kier alpha value is -2.68. The normalized spacial score (nSPS) is 21.8. The smallest absolute Gasteiger partial charge is 0.354 e. The highest BCUT2D eigenvalue weighted by Crippen LogP contribution is 2.37. The number of aliphatic hydroxyl groups excluding tert-OH is 2. The monoisotopic (exact) mass is 457 g/mol. The van der Waals surface area contributed by atoms with E-state index in [1.807, 2.05) is 0 Å². The van der Waals surface area contributed by atoms with Crippen molar-refractivity contribution in [2.24, 2.45) is 5.16 Å². The fourth-order valence-corrected chi connectivity index (χ4v) is 4.47. The van der Waals surface area contributed by atoms with Gasteiger partial charge in [0.2, 0.25) is 0 Å². The molecule has 12 nitrogen and oxygen atoms in total. The minimum Gasteiger partial charge on any atom is -0.458 e. The molecule has 1 saturated heterocycles. The van der Waals surface area contributed by atoms with Crippen molar-refractivity contribution >= 4 is 51.7 Å². The Bertz CT molecular complexity index is 902. The van der Waals surface area contributed by atoms with Crippen molar-refractivity contribution in [2.75, 3.05) is 31.8 Å². The van der Waals surface area contributed by atoms with Gasteiger partial charge in [0.15, 0.2) is 10.8 Å². The van der Waals surface area contributed by atoms with E-state index in [9.17, 15) is 19.5 Å². The second kappa shape index (κ2) is 9.42. The number of oxime groups is 1. The summed E-state index contributed by atoms with van der Waals surface area (Å²) in [6.07, 6.45) is 0.321. The molecular formula is C16H19N5O7S2. The van der Waals surface area contributed by atoms with Crippen LogP contribution in [0.4, 0.5) is 5.13 Å². The van der Waals surface area contributed by atoms with Crippen LogP contribution in [-0.2, 0) is 24.0 Å². The number of esters is 1. The maximum absolute atomic E-state index is 12.7. The summed E-state index contributed by atoms with van der Waals surface area (Å²) >= 11 is 2.48. The molecule has 2 aliphatic rings. The van der Waals surface area contributed by atoms with Gasteiger partial charge >= 0.3 is 5.97 Å². The summed E-state index contributed by atoms with van der Waals surface area (Å²) in [7, 11) is 1.27. The van der Waals surface area contributed by atoms with Gasteiger partial charge in [0.1, 0.15) is 42.6 Å². The van der Waals surface area contributed by atoms with Crippen LogP contribution in [0.3, 0.4) is 0 Å². The SMILES string of the molecule is CON=C(C(=O)NC1C(=O)N2C(C(=O)OCC(O)CO)=CCS[C@H]12)c1csc(N)n1. The molecule has 0 aromatic carbocycles. The Kier molecular flexibility index (Phi) is 6.91. The predicted molar refractivity (Wildman–Crippen MR) is 107 cm³/mol. The van der Waals surface area contributed by atoms with E-state index in [2.05, 4.69) is 15.5 Å². The van der Waals surface area contributed by atoms with Crippen LogP contribution in [0.5, 0.6) is 0 Å². The number of thiazole rings is 1. The lowest BCUT2D eigenvalue weighted by Crippen LogP contribution is -2.70. The maximum Gasteiger partial charge on any atom is 0.354 e. The molecule has 5 N–H and O–H groups in total. The molecular weight excluding hydrogens is 438 g/mol. The summed E-state index contributed by atoms with van der Waals surface area (Å²) in [6, 6.07) is -0.889. The van der Waals surface area contributed by atoms with Crippen LogP contribution in [0.2, 0.25) is 0 Å². The second-order valence-corrected chi connectivity index (χ2v) is 8.14. The number of nitrogens with zero attached hydrogens (tertiary/aromatic N) is 3. The third-order valence-corrected chi connectivity index (χ3v) is 5.98. The minimum absolute atomic E-state index is 0.0254. The Morgan fingerprint density at radius 3 is 2.93 bits per heavy atom. The quantitative estimate of drug-likeness (QED) is 0.152. The third-order valence-electron chi connectivity index (χ3n) is 4.12. The highest BCUT2D eigenvalue weighted by Gasteiger charge is 2.53. The molecule has 3 heterocycles. The number of ether oxygens (including phenoxy) is 1. The Morgan fingerprint density at radius 1 is 1.53 bits per heavy atom. The second-order valence-electron chi connectivity index (χ2n) is 6.10. The number of β-lactam (4-membered cyclic amide) rings is 1. The van der Waals surface area contributed by atoms with Crippen LogP contribution in [0.15, 0.2) is 22.3 Å². The number of thioether (sulfide) groups is 1. The van der Waals surface area contributed by atoms with E-state index in [0.29, 0.717) is 5.75 Å². The molecule has 3 rings (SSSR count). The first-order valence-corrected chi connectivity index (χ1v) is 10.5. The van der Waals surface area contributed by atoms with Crippen LogP contribution in [0, 0.1) is 0 Å². The van der Waals surface area contributed by atoms with E-state index in [1.54, 1.807) is 0 Å². The van der Waals surface area contributed by atoms with Crippen molar-refractivity contribution in [2.45, 2.75) is 17.5 Å². The number of aliphatic hydroxyl groups is 2. The maximum atomic E-state index is 12.7.